The van der Waals surface area contributed by atoms with E-state index in [1.54, 1.807) is 0 Å². The third-order valence-electron chi connectivity index (χ3n) is 2.56. The molecule has 3 nitrogen and oxygen atoms in total. The zero-order valence-electron chi connectivity index (χ0n) is 10.8. The molecular weight excluding hydrogens is 370 g/mol. The van der Waals surface area contributed by atoms with E-state index in [1.165, 1.54) is 6.07 Å². The third-order valence-corrected chi connectivity index (χ3v) is 3.18. The molecule has 22 heavy (non-hydrogen) atoms. The summed E-state index contributed by atoms with van der Waals surface area (Å²) < 4.78 is 57.4. The van der Waals surface area contributed by atoms with Gasteiger partial charge in [-0.2, -0.15) is 0 Å². The highest BCUT2D eigenvalue weighted by Crippen LogP contribution is 2.25. The fraction of sp³-hybridized carbons (Fsp3) is 0.0714. The number of carbonyl (C=O) groups excluding carboxylic acids is 1. The highest BCUT2D eigenvalue weighted by molar-refractivity contribution is 9.10. The molecule has 0 fully saturated rings. The van der Waals surface area contributed by atoms with Gasteiger partial charge in [0, 0.05) is 0 Å². The lowest BCUT2D eigenvalue weighted by Crippen LogP contribution is -2.21. The molecule has 0 unspecified atom stereocenters. The van der Waals surface area contributed by atoms with Gasteiger partial charge in [0.05, 0.1) is 10.2 Å². The van der Waals surface area contributed by atoms with Crippen molar-refractivity contribution >= 4 is 27.5 Å². The van der Waals surface area contributed by atoms with E-state index in [1.807, 2.05) is 5.32 Å². The predicted octanol–water partition coefficient (Wildman–Crippen LogP) is 4.02. The molecule has 0 heterocycles. The van der Waals surface area contributed by atoms with Crippen LogP contribution in [0.1, 0.15) is 0 Å². The van der Waals surface area contributed by atoms with Crippen LogP contribution in [0, 0.1) is 23.3 Å². The Morgan fingerprint density at radius 1 is 1.09 bits per heavy atom. The zero-order chi connectivity index (χ0) is 16.3. The minimum absolute atomic E-state index is 0.197. The summed E-state index contributed by atoms with van der Waals surface area (Å²) in [5.74, 6) is -5.63. The number of anilines is 1. The SMILES string of the molecule is O=C(COc1ccc(F)cc1Br)Nc1ccc(F)c(F)c1F. The molecule has 2 aromatic rings. The summed E-state index contributed by atoms with van der Waals surface area (Å²) in [5, 5.41) is 2.04. The number of halogens is 5. The van der Waals surface area contributed by atoms with Crippen LogP contribution >= 0.6 is 15.9 Å². The number of carbonyl (C=O) groups is 1. The van der Waals surface area contributed by atoms with E-state index in [0.29, 0.717) is 10.5 Å². The molecule has 2 aromatic carbocycles. The van der Waals surface area contributed by atoms with Gasteiger partial charge in [0.2, 0.25) is 0 Å². The summed E-state index contributed by atoms with van der Waals surface area (Å²) in [6.45, 7) is -0.525. The van der Waals surface area contributed by atoms with Gasteiger partial charge in [-0.25, -0.2) is 17.6 Å². The molecular formula is C14H8BrF4NO2. The van der Waals surface area contributed by atoms with Crippen LogP contribution < -0.4 is 10.1 Å². The Morgan fingerprint density at radius 3 is 2.50 bits per heavy atom. The summed E-state index contributed by atoms with van der Waals surface area (Å²) in [6.07, 6.45) is 0. The summed E-state index contributed by atoms with van der Waals surface area (Å²) in [6, 6.07) is 5.14. The predicted molar refractivity (Wildman–Crippen MR) is 74.5 cm³/mol. The van der Waals surface area contributed by atoms with Crippen molar-refractivity contribution in [2.45, 2.75) is 0 Å². The molecule has 1 N–H and O–H groups in total. The van der Waals surface area contributed by atoms with Gasteiger partial charge >= 0.3 is 0 Å². The first-order valence-corrected chi connectivity index (χ1v) is 6.69. The summed E-state index contributed by atoms with van der Waals surface area (Å²) >= 11 is 3.05. The molecule has 1 amide bonds. The molecule has 0 saturated carbocycles. The second-order valence-electron chi connectivity index (χ2n) is 4.13. The van der Waals surface area contributed by atoms with Crippen LogP contribution in [0.3, 0.4) is 0 Å². The second-order valence-corrected chi connectivity index (χ2v) is 4.99. The first-order chi connectivity index (χ1) is 10.4. The number of ether oxygens (including phenoxy) is 1. The van der Waals surface area contributed by atoms with E-state index < -0.39 is 41.5 Å². The molecule has 0 aromatic heterocycles. The number of hydrogen-bond acceptors (Lipinski definition) is 2. The highest BCUT2D eigenvalue weighted by Gasteiger charge is 2.15. The Labute approximate surface area is 131 Å². The lowest BCUT2D eigenvalue weighted by Gasteiger charge is -2.10. The fourth-order valence-corrected chi connectivity index (χ4v) is 2.01. The molecule has 0 spiro atoms. The maximum absolute atomic E-state index is 13.4. The number of benzene rings is 2. The number of nitrogens with one attached hydrogen (secondary N) is 1. The van der Waals surface area contributed by atoms with Gasteiger partial charge in [0.25, 0.3) is 5.91 Å². The van der Waals surface area contributed by atoms with Crippen LogP contribution in [0.2, 0.25) is 0 Å². The van der Waals surface area contributed by atoms with Crippen molar-refractivity contribution in [3.8, 4) is 5.75 Å². The average molecular weight is 378 g/mol. The molecule has 2 rings (SSSR count). The molecule has 0 bridgehead atoms. The van der Waals surface area contributed by atoms with E-state index in [4.69, 9.17) is 4.74 Å². The minimum atomic E-state index is -1.68. The molecule has 0 aliphatic heterocycles. The Balaban J connectivity index is 2.00. The van der Waals surface area contributed by atoms with E-state index in [2.05, 4.69) is 15.9 Å². The van der Waals surface area contributed by atoms with Crippen LogP contribution in [0.15, 0.2) is 34.8 Å². The standard InChI is InChI=1S/C14H8BrF4NO2/c15-8-5-7(16)1-4-11(8)22-6-12(21)20-10-3-2-9(17)13(18)14(10)19/h1-5H,6H2,(H,20,21). The van der Waals surface area contributed by atoms with E-state index in [0.717, 1.165) is 18.2 Å². The van der Waals surface area contributed by atoms with Crippen LogP contribution in [0.5, 0.6) is 5.75 Å². The van der Waals surface area contributed by atoms with Crippen LogP contribution in [-0.4, -0.2) is 12.5 Å². The smallest absolute Gasteiger partial charge is 0.262 e. The summed E-state index contributed by atoms with van der Waals surface area (Å²) in [7, 11) is 0. The lowest BCUT2D eigenvalue weighted by atomic mass is 10.3. The summed E-state index contributed by atoms with van der Waals surface area (Å²) in [5.41, 5.74) is -0.509. The number of hydrogen-bond donors (Lipinski definition) is 1. The van der Waals surface area contributed by atoms with Crippen LogP contribution in [0.25, 0.3) is 0 Å². The molecule has 8 heteroatoms. The normalized spacial score (nSPS) is 10.4. The topological polar surface area (TPSA) is 38.3 Å². The Kier molecular flexibility index (Phi) is 5.02. The van der Waals surface area contributed by atoms with Crippen molar-refractivity contribution in [1.29, 1.82) is 0 Å². The van der Waals surface area contributed by atoms with Gasteiger partial charge in [-0.05, 0) is 46.3 Å². The minimum Gasteiger partial charge on any atom is -0.483 e. The van der Waals surface area contributed by atoms with Crippen LogP contribution in [-0.2, 0) is 4.79 Å². The van der Waals surface area contributed by atoms with Gasteiger partial charge < -0.3 is 10.1 Å². The van der Waals surface area contributed by atoms with Crippen molar-refractivity contribution in [3.63, 3.8) is 0 Å². The largest absolute Gasteiger partial charge is 0.483 e. The van der Waals surface area contributed by atoms with Gasteiger partial charge in [-0.3, -0.25) is 4.79 Å². The number of rotatable bonds is 4. The monoisotopic (exact) mass is 377 g/mol. The van der Waals surface area contributed by atoms with Gasteiger partial charge in [0.1, 0.15) is 11.6 Å². The highest BCUT2D eigenvalue weighted by atomic mass is 79.9. The van der Waals surface area contributed by atoms with Crippen molar-refractivity contribution in [3.05, 3.63) is 58.1 Å². The summed E-state index contributed by atoms with van der Waals surface area (Å²) in [4.78, 5) is 11.6. The maximum atomic E-state index is 13.4. The van der Waals surface area contributed by atoms with Crippen molar-refractivity contribution in [1.82, 2.24) is 0 Å². The van der Waals surface area contributed by atoms with Gasteiger partial charge in [-0.1, -0.05) is 0 Å². The van der Waals surface area contributed by atoms with Gasteiger partial charge in [0.15, 0.2) is 24.1 Å². The first-order valence-electron chi connectivity index (χ1n) is 5.89. The molecule has 0 atom stereocenters. The molecule has 0 aliphatic rings. The maximum Gasteiger partial charge on any atom is 0.262 e. The molecule has 0 aliphatic carbocycles. The average Bonchev–Trinajstić information content (AvgIpc) is 2.47. The quantitative estimate of drug-likeness (QED) is 0.645. The zero-order valence-corrected chi connectivity index (χ0v) is 12.4. The fourth-order valence-electron chi connectivity index (χ4n) is 1.54. The molecule has 0 saturated heterocycles. The van der Waals surface area contributed by atoms with Crippen molar-refractivity contribution < 1.29 is 27.1 Å². The van der Waals surface area contributed by atoms with E-state index in [9.17, 15) is 22.4 Å². The van der Waals surface area contributed by atoms with Crippen molar-refractivity contribution in [2.24, 2.45) is 0 Å². The molecule has 0 radical (unpaired) electrons. The Morgan fingerprint density at radius 2 is 1.82 bits per heavy atom. The van der Waals surface area contributed by atoms with E-state index in [-0.39, 0.29) is 5.75 Å². The van der Waals surface area contributed by atoms with Crippen LogP contribution in [0.4, 0.5) is 23.2 Å². The third kappa shape index (κ3) is 3.76. The Bertz CT molecular complexity index is 724. The van der Waals surface area contributed by atoms with Gasteiger partial charge in [-0.15, -0.1) is 0 Å². The lowest BCUT2D eigenvalue weighted by molar-refractivity contribution is -0.118. The number of amides is 1. The van der Waals surface area contributed by atoms with E-state index >= 15 is 0 Å². The first kappa shape index (κ1) is 16.3. The van der Waals surface area contributed by atoms with Crippen molar-refractivity contribution in [2.75, 3.05) is 11.9 Å². The Hall–Kier alpha value is -2.09. The molecule has 116 valence electrons. The second kappa shape index (κ2) is 6.78.